The summed E-state index contributed by atoms with van der Waals surface area (Å²) >= 11 is 0. The summed E-state index contributed by atoms with van der Waals surface area (Å²) in [6.07, 6.45) is 1.13. The van der Waals surface area contributed by atoms with Gasteiger partial charge in [-0.15, -0.1) is 0 Å². The van der Waals surface area contributed by atoms with E-state index in [2.05, 4.69) is 5.32 Å². The van der Waals surface area contributed by atoms with Gasteiger partial charge in [-0.25, -0.2) is 8.42 Å². The lowest BCUT2D eigenvalue weighted by Gasteiger charge is -2.10. The van der Waals surface area contributed by atoms with Gasteiger partial charge in [-0.3, -0.25) is 0 Å². The second-order valence-electron chi connectivity index (χ2n) is 5.01. The maximum absolute atomic E-state index is 12.6. The molecule has 0 heterocycles. The third-order valence-corrected chi connectivity index (χ3v) is 5.22. The molecule has 0 aliphatic heterocycles. The molecule has 2 aromatic carbocycles. The van der Waals surface area contributed by atoms with Crippen molar-refractivity contribution in [1.29, 1.82) is 5.26 Å². The Morgan fingerprint density at radius 1 is 1.00 bits per heavy atom. The molecule has 0 amide bonds. The number of benzene rings is 2. The summed E-state index contributed by atoms with van der Waals surface area (Å²) in [5.74, 6) is 1.55. The normalized spacial score (nSPS) is 11.4. The zero-order chi connectivity index (χ0) is 19.2. The molecular formula is C18H18N2O5S. The van der Waals surface area contributed by atoms with Gasteiger partial charge in [0.1, 0.15) is 23.3 Å². The minimum Gasteiger partial charge on any atom is -0.497 e. The first-order valence-electron chi connectivity index (χ1n) is 7.44. The van der Waals surface area contributed by atoms with Gasteiger partial charge in [0.05, 0.1) is 31.9 Å². The van der Waals surface area contributed by atoms with E-state index in [1.807, 2.05) is 0 Å². The van der Waals surface area contributed by atoms with Crippen molar-refractivity contribution in [3.05, 3.63) is 53.6 Å². The SMILES string of the molecule is COc1ccc(S(=O)(=O)/C(C#N)=C\Nc2ccc(OC)cc2OC)cc1. The van der Waals surface area contributed by atoms with Gasteiger partial charge in [0.2, 0.25) is 9.84 Å². The first-order valence-corrected chi connectivity index (χ1v) is 8.92. The molecule has 0 fully saturated rings. The van der Waals surface area contributed by atoms with Gasteiger partial charge in [-0.1, -0.05) is 0 Å². The molecule has 0 atom stereocenters. The molecule has 7 nitrogen and oxygen atoms in total. The van der Waals surface area contributed by atoms with E-state index >= 15 is 0 Å². The van der Waals surface area contributed by atoms with Gasteiger partial charge in [-0.2, -0.15) is 5.26 Å². The summed E-state index contributed by atoms with van der Waals surface area (Å²) in [5.41, 5.74) is 0.492. The predicted octanol–water partition coefficient (Wildman–Crippen LogP) is 2.96. The monoisotopic (exact) mass is 374 g/mol. The Morgan fingerprint density at radius 3 is 2.15 bits per heavy atom. The van der Waals surface area contributed by atoms with Crippen LogP contribution in [0.4, 0.5) is 5.69 Å². The summed E-state index contributed by atoms with van der Waals surface area (Å²) in [6.45, 7) is 0. The molecule has 1 N–H and O–H groups in total. The molecular weight excluding hydrogens is 356 g/mol. The van der Waals surface area contributed by atoms with Crippen LogP contribution < -0.4 is 19.5 Å². The standard InChI is InChI=1S/C18H18N2O5S/c1-23-13-4-7-15(8-5-13)26(21,22)16(11-19)12-20-17-9-6-14(24-2)10-18(17)25-3/h4-10,12,20H,1-3H3/b16-12-. The van der Waals surface area contributed by atoms with Gasteiger partial charge < -0.3 is 19.5 Å². The van der Waals surface area contributed by atoms with Crippen LogP contribution >= 0.6 is 0 Å². The van der Waals surface area contributed by atoms with Crippen molar-refractivity contribution in [1.82, 2.24) is 0 Å². The van der Waals surface area contributed by atoms with Crippen molar-refractivity contribution < 1.29 is 22.6 Å². The fraction of sp³-hybridized carbons (Fsp3) is 0.167. The smallest absolute Gasteiger partial charge is 0.218 e. The highest BCUT2D eigenvalue weighted by Gasteiger charge is 2.21. The minimum absolute atomic E-state index is 0.00500. The molecule has 0 aliphatic rings. The molecule has 2 rings (SSSR count). The topological polar surface area (TPSA) is 97.7 Å². The van der Waals surface area contributed by atoms with Crippen LogP contribution in [0.5, 0.6) is 17.2 Å². The largest absolute Gasteiger partial charge is 0.497 e. The van der Waals surface area contributed by atoms with E-state index in [-0.39, 0.29) is 4.90 Å². The average molecular weight is 374 g/mol. The molecule has 0 radical (unpaired) electrons. The lowest BCUT2D eigenvalue weighted by Crippen LogP contribution is -2.06. The third kappa shape index (κ3) is 4.07. The van der Waals surface area contributed by atoms with Gasteiger partial charge in [0.15, 0.2) is 4.91 Å². The van der Waals surface area contributed by atoms with Crippen LogP contribution in [-0.2, 0) is 9.84 Å². The zero-order valence-corrected chi connectivity index (χ0v) is 15.3. The van der Waals surface area contributed by atoms with Crippen LogP contribution in [0.1, 0.15) is 0 Å². The Morgan fingerprint density at radius 2 is 1.62 bits per heavy atom. The Hall–Kier alpha value is -3.18. The number of sulfone groups is 1. The Kier molecular flexibility index (Phi) is 6.09. The van der Waals surface area contributed by atoms with Crippen molar-refractivity contribution >= 4 is 15.5 Å². The van der Waals surface area contributed by atoms with Gasteiger partial charge in [0.25, 0.3) is 0 Å². The number of nitrogens with zero attached hydrogens (tertiary/aromatic N) is 1. The summed E-state index contributed by atoms with van der Waals surface area (Å²) in [5, 5.41) is 12.1. The van der Waals surface area contributed by atoms with Gasteiger partial charge in [0, 0.05) is 12.3 Å². The van der Waals surface area contributed by atoms with Crippen LogP contribution in [0, 0.1) is 11.3 Å². The van der Waals surface area contributed by atoms with Gasteiger partial charge >= 0.3 is 0 Å². The summed E-state index contributed by atoms with van der Waals surface area (Å²) in [4.78, 5) is -0.435. The number of methoxy groups -OCH3 is 3. The second kappa shape index (κ2) is 8.27. The molecule has 0 aliphatic carbocycles. The van der Waals surface area contributed by atoms with Crippen molar-refractivity contribution in [2.45, 2.75) is 4.90 Å². The van der Waals surface area contributed by atoms with Gasteiger partial charge in [-0.05, 0) is 36.4 Å². The average Bonchev–Trinajstić information content (AvgIpc) is 2.68. The Balaban J connectivity index is 2.34. The van der Waals surface area contributed by atoms with Crippen LogP contribution in [-0.4, -0.2) is 29.7 Å². The highest BCUT2D eigenvalue weighted by Crippen LogP contribution is 2.29. The van der Waals surface area contributed by atoms with E-state index in [0.29, 0.717) is 22.9 Å². The number of nitriles is 1. The Bertz CT molecular complexity index is 945. The maximum atomic E-state index is 12.6. The van der Waals surface area contributed by atoms with Crippen LogP contribution in [0.25, 0.3) is 0 Å². The molecule has 0 saturated heterocycles. The second-order valence-corrected chi connectivity index (χ2v) is 6.93. The lowest BCUT2D eigenvalue weighted by atomic mass is 10.2. The molecule has 0 saturated carbocycles. The number of hydrogen-bond donors (Lipinski definition) is 1. The van der Waals surface area contributed by atoms with E-state index in [4.69, 9.17) is 14.2 Å². The summed E-state index contributed by atoms with van der Waals surface area (Å²) in [7, 11) is 0.520. The molecule has 0 spiro atoms. The highest BCUT2D eigenvalue weighted by atomic mass is 32.2. The molecule has 0 bridgehead atoms. The van der Waals surface area contributed by atoms with E-state index < -0.39 is 14.7 Å². The fourth-order valence-corrected chi connectivity index (χ4v) is 3.20. The number of anilines is 1. The molecule has 2 aromatic rings. The van der Waals surface area contributed by atoms with Crippen LogP contribution in [0.15, 0.2) is 58.5 Å². The first kappa shape index (κ1) is 19.1. The molecule has 26 heavy (non-hydrogen) atoms. The number of nitrogens with one attached hydrogen (secondary N) is 1. The van der Waals surface area contributed by atoms with Crippen molar-refractivity contribution in [2.75, 3.05) is 26.6 Å². The third-order valence-electron chi connectivity index (χ3n) is 3.54. The van der Waals surface area contributed by atoms with Crippen LogP contribution in [0.3, 0.4) is 0 Å². The highest BCUT2D eigenvalue weighted by molar-refractivity contribution is 7.95. The van der Waals surface area contributed by atoms with E-state index in [1.165, 1.54) is 45.6 Å². The zero-order valence-electron chi connectivity index (χ0n) is 14.5. The van der Waals surface area contributed by atoms with E-state index in [1.54, 1.807) is 24.3 Å². The van der Waals surface area contributed by atoms with E-state index in [0.717, 1.165) is 6.20 Å². The van der Waals surface area contributed by atoms with Crippen LogP contribution in [0.2, 0.25) is 0 Å². The van der Waals surface area contributed by atoms with E-state index in [9.17, 15) is 13.7 Å². The molecule has 0 unspecified atom stereocenters. The van der Waals surface area contributed by atoms with Crippen molar-refractivity contribution in [3.63, 3.8) is 0 Å². The van der Waals surface area contributed by atoms with Crippen molar-refractivity contribution in [3.8, 4) is 23.3 Å². The maximum Gasteiger partial charge on any atom is 0.218 e. The minimum atomic E-state index is -3.96. The molecule has 8 heteroatoms. The summed E-state index contributed by atoms with van der Waals surface area (Å²) in [6, 6.07) is 12.5. The summed E-state index contributed by atoms with van der Waals surface area (Å²) < 4.78 is 40.6. The first-order chi connectivity index (χ1) is 12.5. The lowest BCUT2D eigenvalue weighted by molar-refractivity contribution is 0.395. The number of hydrogen-bond acceptors (Lipinski definition) is 7. The number of allylic oxidation sites excluding steroid dienone is 1. The molecule has 0 aromatic heterocycles. The predicted molar refractivity (Wildman–Crippen MR) is 97.0 cm³/mol. The number of ether oxygens (including phenoxy) is 3. The Labute approximate surface area is 152 Å². The quantitative estimate of drug-likeness (QED) is 0.744. The fourth-order valence-electron chi connectivity index (χ4n) is 2.11. The van der Waals surface area contributed by atoms with Crippen molar-refractivity contribution in [2.24, 2.45) is 0 Å². The number of rotatable bonds is 7. The molecule has 136 valence electrons.